The van der Waals surface area contributed by atoms with E-state index < -0.39 is 29.4 Å². The average Bonchev–Trinajstić information content (AvgIpc) is 2.97. The van der Waals surface area contributed by atoms with Gasteiger partial charge in [-0.15, -0.1) is 0 Å². The van der Waals surface area contributed by atoms with Crippen LogP contribution in [0.1, 0.15) is 20.7 Å². The van der Waals surface area contributed by atoms with E-state index in [-0.39, 0.29) is 36.2 Å². The largest absolute Gasteiger partial charge is 0.465 e. The number of methoxy groups -OCH3 is 2. The lowest BCUT2D eigenvalue weighted by Gasteiger charge is -2.07. The lowest BCUT2D eigenvalue weighted by molar-refractivity contribution is -0.121. The number of esters is 1. The molecule has 0 aliphatic heterocycles. The molecular weight excluding hydrogens is 369 g/mol. The minimum absolute atomic E-state index is 0.0188. The molecule has 1 heterocycles. The Hall–Kier alpha value is -2.88. The highest BCUT2D eigenvalue weighted by Gasteiger charge is 2.41. The van der Waals surface area contributed by atoms with Crippen molar-refractivity contribution in [3.63, 3.8) is 0 Å². The molecule has 1 amide bonds. The van der Waals surface area contributed by atoms with Crippen LogP contribution in [0.4, 0.5) is 13.2 Å². The molecule has 1 aromatic carbocycles. The summed E-state index contributed by atoms with van der Waals surface area (Å²) in [6, 6.07) is 3.75. The van der Waals surface area contributed by atoms with Crippen molar-refractivity contribution in [1.82, 2.24) is 9.88 Å². The quantitative estimate of drug-likeness (QED) is 0.447. The van der Waals surface area contributed by atoms with E-state index in [1.807, 2.05) is 0 Å². The van der Waals surface area contributed by atoms with E-state index >= 15 is 0 Å². The Morgan fingerprint density at radius 1 is 1.19 bits per heavy atom. The monoisotopic (exact) mass is 386 g/mol. The van der Waals surface area contributed by atoms with Crippen molar-refractivity contribution in [2.45, 2.75) is 12.7 Å². The van der Waals surface area contributed by atoms with Crippen LogP contribution in [0.3, 0.4) is 0 Å². The van der Waals surface area contributed by atoms with E-state index in [0.717, 1.165) is 13.3 Å². The summed E-state index contributed by atoms with van der Waals surface area (Å²) >= 11 is 0. The van der Waals surface area contributed by atoms with Gasteiger partial charge < -0.3 is 19.4 Å². The normalized spacial score (nSPS) is 11.4. The first-order valence-corrected chi connectivity index (χ1v) is 7.77. The first-order valence-electron chi connectivity index (χ1n) is 7.77. The smallest absolute Gasteiger partial charge is 0.454 e. The fourth-order valence-corrected chi connectivity index (χ4v) is 2.50. The van der Waals surface area contributed by atoms with E-state index in [1.165, 1.54) is 29.9 Å². The van der Waals surface area contributed by atoms with Crippen molar-refractivity contribution in [1.29, 1.82) is 0 Å². The van der Waals surface area contributed by atoms with Crippen molar-refractivity contribution >= 4 is 28.6 Å². The van der Waals surface area contributed by atoms with Crippen LogP contribution in [0.15, 0.2) is 24.4 Å². The molecular formula is C17H17F3N2O5. The Balaban J connectivity index is 2.48. The Kier molecular flexibility index (Phi) is 6.21. The summed E-state index contributed by atoms with van der Waals surface area (Å²) in [5, 5.41) is 2.51. The summed E-state index contributed by atoms with van der Waals surface area (Å²) in [5.74, 6) is -3.21. The molecule has 0 spiro atoms. The van der Waals surface area contributed by atoms with E-state index in [2.05, 4.69) is 10.1 Å². The molecule has 1 aromatic heterocycles. The van der Waals surface area contributed by atoms with E-state index in [0.29, 0.717) is 0 Å². The summed E-state index contributed by atoms with van der Waals surface area (Å²) in [4.78, 5) is 35.4. The molecule has 0 saturated carbocycles. The molecule has 27 heavy (non-hydrogen) atoms. The fourth-order valence-electron chi connectivity index (χ4n) is 2.50. The number of nitrogens with one attached hydrogen (secondary N) is 1. The summed E-state index contributed by atoms with van der Waals surface area (Å²) in [6.07, 6.45) is -4.11. The molecule has 0 aliphatic rings. The van der Waals surface area contributed by atoms with Crippen LogP contribution in [0, 0.1) is 0 Å². The van der Waals surface area contributed by atoms with Crippen LogP contribution in [0.25, 0.3) is 10.9 Å². The Morgan fingerprint density at radius 3 is 2.48 bits per heavy atom. The molecule has 0 unspecified atom stereocenters. The van der Waals surface area contributed by atoms with E-state index in [1.54, 1.807) is 0 Å². The molecule has 0 bridgehead atoms. The molecule has 0 radical (unpaired) electrons. The van der Waals surface area contributed by atoms with Gasteiger partial charge in [0.1, 0.15) is 6.54 Å². The Bertz CT molecular complexity index is 873. The number of carbonyl (C=O) groups excluding carboxylic acids is 3. The van der Waals surface area contributed by atoms with Crippen molar-refractivity contribution in [3.05, 3.63) is 35.5 Å². The molecule has 0 atom stereocenters. The minimum Gasteiger partial charge on any atom is -0.465 e. The highest BCUT2D eigenvalue weighted by Crippen LogP contribution is 2.29. The van der Waals surface area contributed by atoms with Crippen LogP contribution in [-0.4, -0.2) is 55.8 Å². The number of alkyl halides is 3. The number of Topliss-reactive ketones (excluding diaryl/α,β-unsaturated/α-hetero) is 1. The van der Waals surface area contributed by atoms with Gasteiger partial charge in [0, 0.05) is 25.2 Å². The highest BCUT2D eigenvalue weighted by atomic mass is 19.4. The first kappa shape index (κ1) is 20.4. The molecule has 0 fully saturated rings. The average molecular weight is 386 g/mol. The zero-order chi connectivity index (χ0) is 20.2. The third-order valence-corrected chi connectivity index (χ3v) is 3.75. The van der Waals surface area contributed by atoms with Gasteiger partial charge in [0.25, 0.3) is 5.78 Å². The number of rotatable bonds is 7. The van der Waals surface area contributed by atoms with Crippen LogP contribution < -0.4 is 5.32 Å². The number of ether oxygens (including phenoxy) is 2. The number of hydrogen-bond donors (Lipinski definition) is 1. The predicted molar refractivity (Wildman–Crippen MR) is 88.5 cm³/mol. The van der Waals surface area contributed by atoms with E-state index in [4.69, 9.17) is 4.74 Å². The summed E-state index contributed by atoms with van der Waals surface area (Å²) in [6.45, 7) is 0.148. The van der Waals surface area contributed by atoms with Crippen molar-refractivity contribution in [2.24, 2.45) is 0 Å². The number of carbonyl (C=O) groups is 3. The SMILES string of the molecule is COCCNC(=O)Cn1cc(C(=O)C(F)(F)F)c2ccc(C(=O)OC)cc21. The van der Waals surface area contributed by atoms with Crippen LogP contribution in [0.5, 0.6) is 0 Å². The van der Waals surface area contributed by atoms with Crippen molar-refractivity contribution < 1.29 is 37.0 Å². The second-order valence-corrected chi connectivity index (χ2v) is 5.56. The molecule has 146 valence electrons. The van der Waals surface area contributed by atoms with Gasteiger partial charge in [-0.05, 0) is 12.1 Å². The lowest BCUT2D eigenvalue weighted by Crippen LogP contribution is -2.30. The third-order valence-electron chi connectivity index (χ3n) is 3.75. The van der Waals surface area contributed by atoms with E-state index in [9.17, 15) is 27.6 Å². The van der Waals surface area contributed by atoms with Gasteiger partial charge in [0.05, 0.1) is 30.4 Å². The van der Waals surface area contributed by atoms with Crippen LogP contribution in [0.2, 0.25) is 0 Å². The molecule has 10 heteroatoms. The van der Waals surface area contributed by atoms with Crippen molar-refractivity contribution in [3.8, 4) is 0 Å². The molecule has 2 rings (SSSR count). The summed E-state index contributed by atoms with van der Waals surface area (Å²) < 4.78 is 49.2. The Labute approximate surface area is 152 Å². The van der Waals surface area contributed by atoms with Crippen LogP contribution >= 0.6 is 0 Å². The standard InChI is InChI=1S/C17H17F3N2O5/c1-26-6-5-21-14(23)9-22-8-12(15(24)17(18,19)20)11-4-3-10(7-13(11)22)16(25)27-2/h3-4,7-8H,5-6,9H2,1-2H3,(H,21,23). The second-order valence-electron chi connectivity index (χ2n) is 5.56. The second kappa shape index (κ2) is 8.21. The molecule has 2 aromatic rings. The lowest BCUT2D eigenvalue weighted by atomic mass is 10.1. The van der Waals surface area contributed by atoms with Gasteiger partial charge in [-0.1, -0.05) is 6.07 Å². The highest BCUT2D eigenvalue weighted by molar-refractivity contribution is 6.11. The van der Waals surface area contributed by atoms with Gasteiger partial charge in [-0.25, -0.2) is 4.79 Å². The number of benzene rings is 1. The van der Waals surface area contributed by atoms with Crippen LogP contribution in [-0.2, 0) is 20.8 Å². The topological polar surface area (TPSA) is 86.6 Å². The van der Waals surface area contributed by atoms with Gasteiger partial charge in [-0.2, -0.15) is 13.2 Å². The number of halogens is 3. The summed E-state index contributed by atoms with van der Waals surface area (Å²) in [7, 11) is 2.61. The Morgan fingerprint density at radius 2 is 1.89 bits per heavy atom. The number of amides is 1. The molecule has 7 nitrogen and oxygen atoms in total. The van der Waals surface area contributed by atoms with Crippen molar-refractivity contribution in [2.75, 3.05) is 27.4 Å². The number of aromatic nitrogens is 1. The zero-order valence-corrected chi connectivity index (χ0v) is 14.6. The number of fused-ring (bicyclic) bond motifs is 1. The number of ketones is 1. The van der Waals surface area contributed by atoms with Gasteiger partial charge in [0.15, 0.2) is 0 Å². The summed E-state index contributed by atoms with van der Waals surface area (Å²) in [5.41, 5.74) is -0.388. The zero-order valence-electron chi connectivity index (χ0n) is 14.6. The minimum atomic E-state index is -5.07. The third kappa shape index (κ3) is 4.64. The predicted octanol–water partition coefficient (Wildman–Crippen LogP) is 1.94. The first-order chi connectivity index (χ1) is 12.7. The maximum Gasteiger partial charge on any atom is 0.454 e. The maximum atomic E-state index is 12.9. The molecule has 1 N–H and O–H groups in total. The number of nitrogens with zero attached hydrogens (tertiary/aromatic N) is 1. The maximum absolute atomic E-state index is 12.9. The fraction of sp³-hybridized carbons (Fsp3) is 0.353. The van der Waals surface area contributed by atoms with Gasteiger partial charge in [-0.3, -0.25) is 9.59 Å². The van der Waals surface area contributed by atoms with Gasteiger partial charge >= 0.3 is 12.1 Å². The number of hydrogen-bond acceptors (Lipinski definition) is 5. The van der Waals surface area contributed by atoms with Gasteiger partial charge in [0.2, 0.25) is 5.91 Å². The molecule has 0 aliphatic carbocycles. The molecule has 0 saturated heterocycles.